The Balaban J connectivity index is 1.56. The highest BCUT2D eigenvalue weighted by atomic mass is 32.2. The van der Waals surface area contributed by atoms with Gasteiger partial charge in [0.15, 0.2) is 17.6 Å². The molecule has 10 heteroatoms. The van der Waals surface area contributed by atoms with Gasteiger partial charge >= 0.3 is 5.97 Å². The first-order valence-corrected chi connectivity index (χ1v) is 12.9. The van der Waals surface area contributed by atoms with E-state index in [1.165, 1.54) is 30.7 Å². The second kappa shape index (κ2) is 11.2. The molecule has 1 atom stereocenters. The fourth-order valence-corrected chi connectivity index (χ4v) is 5.81. The number of sulfonamides is 1. The van der Waals surface area contributed by atoms with Crippen molar-refractivity contribution >= 4 is 21.9 Å². The van der Waals surface area contributed by atoms with Crippen molar-refractivity contribution in [2.24, 2.45) is 5.92 Å². The number of carbonyl (C=O) groups is 2. The highest BCUT2D eigenvalue weighted by molar-refractivity contribution is 7.89. The lowest BCUT2D eigenvalue weighted by atomic mass is 9.98. The zero-order chi connectivity index (χ0) is 24.0. The number of esters is 1. The smallest absolute Gasteiger partial charge is 0.309 e. The van der Waals surface area contributed by atoms with Crippen molar-refractivity contribution in [2.75, 3.05) is 40.4 Å². The Morgan fingerprint density at radius 2 is 1.55 bits per heavy atom. The number of nitrogens with zero attached hydrogens (tertiary/aromatic N) is 2. The van der Waals surface area contributed by atoms with Crippen LogP contribution in [0.5, 0.6) is 11.5 Å². The maximum absolute atomic E-state index is 13.1. The summed E-state index contributed by atoms with van der Waals surface area (Å²) >= 11 is 0. The number of likely N-dealkylation sites (tertiary alicyclic amines) is 1. The normalized spacial score (nSPS) is 19.4. The van der Waals surface area contributed by atoms with Crippen molar-refractivity contribution in [3.8, 4) is 11.5 Å². The molecule has 2 aliphatic heterocycles. The molecule has 9 nitrogen and oxygen atoms in total. The van der Waals surface area contributed by atoms with E-state index in [2.05, 4.69) is 0 Å². The van der Waals surface area contributed by atoms with Gasteiger partial charge in [0, 0.05) is 32.2 Å². The van der Waals surface area contributed by atoms with Crippen LogP contribution < -0.4 is 9.47 Å². The van der Waals surface area contributed by atoms with E-state index in [1.54, 1.807) is 17.9 Å². The molecule has 1 aromatic carbocycles. The Bertz CT molecular complexity index is 934. The summed E-state index contributed by atoms with van der Waals surface area (Å²) in [5, 5.41) is 0. The molecule has 2 saturated heterocycles. The van der Waals surface area contributed by atoms with Crippen molar-refractivity contribution in [2.45, 2.75) is 56.4 Å². The van der Waals surface area contributed by atoms with Crippen molar-refractivity contribution in [1.29, 1.82) is 0 Å². The molecular weight excluding hydrogens is 448 g/mol. The van der Waals surface area contributed by atoms with Gasteiger partial charge in [0.25, 0.3) is 5.91 Å². The number of piperidine rings is 1. The molecule has 0 aromatic heterocycles. The molecule has 0 bridgehead atoms. The number of amides is 1. The van der Waals surface area contributed by atoms with Gasteiger partial charge in [-0.1, -0.05) is 12.8 Å². The number of ether oxygens (including phenoxy) is 3. The second-order valence-electron chi connectivity index (χ2n) is 8.51. The van der Waals surface area contributed by atoms with Crippen LogP contribution in [0.25, 0.3) is 0 Å². The van der Waals surface area contributed by atoms with E-state index in [9.17, 15) is 18.0 Å². The number of rotatable bonds is 7. The number of hydrogen-bond acceptors (Lipinski definition) is 7. The predicted molar refractivity (Wildman–Crippen MR) is 122 cm³/mol. The van der Waals surface area contributed by atoms with Gasteiger partial charge in [0.1, 0.15) is 0 Å². The summed E-state index contributed by atoms with van der Waals surface area (Å²) in [5.41, 5.74) is 0. The first kappa shape index (κ1) is 25.3. The van der Waals surface area contributed by atoms with Crippen LogP contribution in [-0.4, -0.2) is 76.0 Å². The van der Waals surface area contributed by atoms with Crippen molar-refractivity contribution in [3.63, 3.8) is 0 Å². The maximum Gasteiger partial charge on any atom is 0.309 e. The quantitative estimate of drug-likeness (QED) is 0.550. The Hall–Kier alpha value is -2.33. The van der Waals surface area contributed by atoms with E-state index in [1.807, 2.05) is 0 Å². The predicted octanol–water partition coefficient (Wildman–Crippen LogP) is 2.44. The molecular formula is C23H34N2O7S. The van der Waals surface area contributed by atoms with Crippen molar-refractivity contribution in [3.05, 3.63) is 18.2 Å². The van der Waals surface area contributed by atoms with Gasteiger partial charge in [-0.25, -0.2) is 8.42 Å². The van der Waals surface area contributed by atoms with Crippen molar-refractivity contribution < 1.29 is 32.2 Å². The molecule has 0 N–H and O–H groups in total. The van der Waals surface area contributed by atoms with Gasteiger partial charge < -0.3 is 19.1 Å². The lowest BCUT2D eigenvalue weighted by Gasteiger charge is -2.31. The molecule has 0 spiro atoms. The minimum absolute atomic E-state index is 0.109. The van der Waals surface area contributed by atoms with Gasteiger partial charge in [0.2, 0.25) is 10.0 Å². The molecule has 184 valence electrons. The van der Waals surface area contributed by atoms with Gasteiger partial charge in [-0.3, -0.25) is 9.59 Å². The van der Waals surface area contributed by atoms with Crippen LogP contribution in [0.15, 0.2) is 23.1 Å². The van der Waals surface area contributed by atoms with Crippen LogP contribution in [0.3, 0.4) is 0 Å². The lowest BCUT2D eigenvalue weighted by molar-refractivity contribution is -0.163. The monoisotopic (exact) mass is 482 g/mol. The minimum Gasteiger partial charge on any atom is -0.493 e. The average molecular weight is 483 g/mol. The van der Waals surface area contributed by atoms with E-state index in [4.69, 9.17) is 14.2 Å². The Morgan fingerprint density at radius 3 is 2.12 bits per heavy atom. The summed E-state index contributed by atoms with van der Waals surface area (Å²) in [6.45, 7) is 3.41. The van der Waals surface area contributed by atoms with Gasteiger partial charge in [-0.05, 0) is 44.7 Å². The SMILES string of the molecule is COc1ccc(S(=O)(=O)N2CCC(C(=O)OC(C)C(=O)N3CCCCCC3)CC2)cc1OC. The Morgan fingerprint density at radius 1 is 0.939 bits per heavy atom. The molecule has 3 rings (SSSR count). The average Bonchev–Trinajstić information content (AvgIpc) is 3.12. The van der Waals surface area contributed by atoms with Crippen LogP contribution in [-0.2, 0) is 24.3 Å². The highest BCUT2D eigenvalue weighted by Gasteiger charge is 2.35. The van der Waals surface area contributed by atoms with Gasteiger partial charge in [-0.15, -0.1) is 0 Å². The summed E-state index contributed by atoms with van der Waals surface area (Å²) < 4.78 is 43.4. The molecule has 1 unspecified atom stereocenters. The zero-order valence-electron chi connectivity index (χ0n) is 19.6. The number of benzene rings is 1. The molecule has 1 amide bonds. The fraction of sp³-hybridized carbons (Fsp3) is 0.652. The molecule has 2 aliphatic rings. The Labute approximate surface area is 196 Å². The third kappa shape index (κ3) is 5.97. The van der Waals surface area contributed by atoms with Crippen LogP contribution in [0.2, 0.25) is 0 Å². The highest BCUT2D eigenvalue weighted by Crippen LogP contribution is 2.32. The molecule has 0 radical (unpaired) electrons. The van der Waals surface area contributed by atoms with Gasteiger partial charge in [-0.2, -0.15) is 4.31 Å². The van der Waals surface area contributed by atoms with E-state index in [0.717, 1.165) is 25.7 Å². The lowest BCUT2D eigenvalue weighted by Crippen LogP contribution is -2.43. The van der Waals surface area contributed by atoms with Crippen LogP contribution in [0.1, 0.15) is 45.4 Å². The largest absolute Gasteiger partial charge is 0.493 e. The summed E-state index contributed by atoms with van der Waals surface area (Å²) in [5.74, 6) is -0.240. The topological polar surface area (TPSA) is 102 Å². The standard InChI is InChI=1S/C23H34N2O7S/c1-17(22(26)24-12-6-4-5-7-13-24)32-23(27)18-10-14-25(15-11-18)33(28,29)19-8-9-20(30-2)21(16-19)31-3/h8-9,16-18H,4-7,10-15H2,1-3H3. The van der Waals surface area contributed by atoms with Gasteiger partial charge in [0.05, 0.1) is 25.0 Å². The third-order valence-electron chi connectivity index (χ3n) is 6.34. The van der Waals surface area contributed by atoms with Crippen LogP contribution in [0.4, 0.5) is 0 Å². The first-order chi connectivity index (χ1) is 15.8. The summed E-state index contributed by atoms with van der Waals surface area (Å²) in [6.07, 6.45) is 4.03. The molecule has 33 heavy (non-hydrogen) atoms. The van der Waals surface area contributed by atoms with E-state index < -0.39 is 28.0 Å². The molecule has 1 aromatic rings. The van der Waals surface area contributed by atoms with E-state index in [-0.39, 0.29) is 23.9 Å². The number of hydrogen-bond donors (Lipinski definition) is 0. The summed E-state index contributed by atoms with van der Waals surface area (Å²) in [7, 11) is -0.806. The molecule has 2 heterocycles. The number of carbonyl (C=O) groups excluding carboxylic acids is 2. The third-order valence-corrected chi connectivity index (χ3v) is 8.23. The maximum atomic E-state index is 13.1. The second-order valence-corrected chi connectivity index (χ2v) is 10.5. The van der Waals surface area contributed by atoms with Crippen molar-refractivity contribution in [1.82, 2.24) is 9.21 Å². The molecule has 0 saturated carbocycles. The zero-order valence-corrected chi connectivity index (χ0v) is 20.4. The fourth-order valence-electron chi connectivity index (χ4n) is 4.33. The summed E-state index contributed by atoms with van der Waals surface area (Å²) in [6, 6.07) is 4.47. The number of methoxy groups -OCH3 is 2. The van der Waals surface area contributed by atoms with E-state index >= 15 is 0 Å². The molecule has 2 fully saturated rings. The van der Waals surface area contributed by atoms with Crippen LogP contribution in [0, 0.1) is 5.92 Å². The van der Waals surface area contributed by atoms with E-state index in [0.29, 0.717) is 37.4 Å². The Kier molecular flexibility index (Phi) is 8.58. The first-order valence-electron chi connectivity index (χ1n) is 11.5. The minimum atomic E-state index is -3.74. The summed E-state index contributed by atoms with van der Waals surface area (Å²) in [4.78, 5) is 27.2. The molecule has 0 aliphatic carbocycles. The van der Waals surface area contributed by atoms with Crippen LogP contribution >= 0.6 is 0 Å².